The Morgan fingerprint density at radius 3 is 2.82 bits per heavy atom. The number of aryl methyl sites for hydroxylation is 1. The fourth-order valence-electron chi connectivity index (χ4n) is 2.73. The van der Waals surface area contributed by atoms with E-state index in [9.17, 15) is 0 Å². The molecule has 1 aromatic heterocycles. The summed E-state index contributed by atoms with van der Waals surface area (Å²) < 4.78 is 0. The molecule has 0 bridgehead atoms. The Kier molecular flexibility index (Phi) is 3.22. The smallest absolute Gasteiger partial charge is 0.113 e. The molecule has 1 aliphatic heterocycles. The quantitative estimate of drug-likeness (QED) is 0.849. The number of thiazole rings is 1. The lowest BCUT2D eigenvalue weighted by Crippen LogP contribution is -2.40. The summed E-state index contributed by atoms with van der Waals surface area (Å²) in [6.45, 7) is 2.34. The average molecular weight is 268 g/mol. The van der Waals surface area contributed by atoms with Crippen LogP contribution < -0.4 is 5.73 Å². The molecule has 1 aromatic rings. The number of nitrogens with zero attached hydrogens (tertiary/aromatic N) is 1. The highest BCUT2D eigenvalue weighted by Crippen LogP contribution is 2.41. The first-order valence-corrected chi connectivity index (χ1v) is 8.50. The standard InChI is InChI=1S/C13H20N2S2/c1-9-2-5-13(14,6-3-9)12-15-10-4-7-16-8-11(10)17-12/h9H,2-8,14H2,1H3. The summed E-state index contributed by atoms with van der Waals surface area (Å²) in [5.41, 5.74) is 7.82. The molecule has 2 nitrogen and oxygen atoms in total. The Hall–Kier alpha value is -0.0600. The first-order valence-electron chi connectivity index (χ1n) is 6.53. The van der Waals surface area contributed by atoms with E-state index in [0.717, 1.165) is 30.9 Å². The third-order valence-electron chi connectivity index (χ3n) is 4.09. The van der Waals surface area contributed by atoms with Crippen LogP contribution in [0.2, 0.25) is 0 Å². The Morgan fingerprint density at radius 1 is 1.35 bits per heavy atom. The zero-order valence-electron chi connectivity index (χ0n) is 10.4. The summed E-state index contributed by atoms with van der Waals surface area (Å²) in [5, 5.41) is 1.22. The maximum absolute atomic E-state index is 6.60. The summed E-state index contributed by atoms with van der Waals surface area (Å²) in [7, 11) is 0. The number of nitrogens with two attached hydrogens (primary N) is 1. The molecule has 3 rings (SSSR count). The molecule has 0 unspecified atom stereocenters. The molecule has 0 amide bonds. The van der Waals surface area contributed by atoms with Crippen molar-refractivity contribution in [1.82, 2.24) is 4.98 Å². The van der Waals surface area contributed by atoms with Crippen LogP contribution in [0, 0.1) is 5.92 Å². The molecule has 1 aliphatic carbocycles. The van der Waals surface area contributed by atoms with Crippen LogP contribution in [0.5, 0.6) is 0 Å². The van der Waals surface area contributed by atoms with Crippen LogP contribution in [-0.4, -0.2) is 10.7 Å². The van der Waals surface area contributed by atoms with Gasteiger partial charge < -0.3 is 5.73 Å². The van der Waals surface area contributed by atoms with Crippen molar-refractivity contribution in [3.05, 3.63) is 15.6 Å². The Bertz CT molecular complexity index is 382. The number of hydrogen-bond donors (Lipinski definition) is 1. The van der Waals surface area contributed by atoms with E-state index in [-0.39, 0.29) is 5.54 Å². The summed E-state index contributed by atoms with van der Waals surface area (Å²) in [6, 6.07) is 0. The lowest BCUT2D eigenvalue weighted by molar-refractivity contribution is 0.247. The molecular weight excluding hydrogens is 248 g/mol. The van der Waals surface area contributed by atoms with Gasteiger partial charge in [-0.3, -0.25) is 0 Å². The molecule has 2 aliphatic rings. The van der Waals surface area contributed by atoms with Crippen molar-refractivity contribution >= 4 is 23.1 Å². The van der Waals surface area contributed by atoms with Gasteiger partial charge in [0, 0.05) is 10.6 Å². The third-order valence-corrected chi connectivity index (χ3v) is 6.57. The summed E-state index contributed by atoms with van der Waals surface area (Å²) in [6.07, 6.45) is 5.90. The van der Waals surface area contributed by atoms with Crippen molar-refractivity contribution in [2.24, 2.45) is 11.7 Å². The van der Waals surface area contributed by atoms with E-state index < -0.39 is 0 Å². The van der Waals surface area contributed by atoms with E-state index in [0.29, 0.717) is 0 Å². The molecule has 0 atom stereocenters. The first-order chi connectivity index (χ1) is 8.17. The van der Waals surface area contributed by atoms with Crippen molar-refractivity contribution < 1.29 is 0 Å². The van der Waals surface area contributed by atoms with Crippen molar-refractivity contribution in [2.45, 2.75) is 50.3 Å². The van der Waals surface area contributed by atoms with Gasteiger partial charge in [-0.05, 0) is 43.8 Å². The molecule has 94 valence electrons. The Balaban J connectivity index is 1.85. The number of thioether (sulfide) groups is 1. The summed E-state index contributed by atoms with van der Waals surface area (Å²) in [5.74, 6) is 3.22. The highest BCUT2D eigenvalue weighted by molar-refractivity contribution is 7.98. The van der Waals surface area contributed by atoms with E-state index >= 15 is 0 Å². The summed E-state index contributed by atoms with van der Waals surface area (Å²) in [4.78, 5) is 6.34. The molecule has 0 radical (unpaired) electrons. The molecule has 2 heterocycles. The van der Waals surface area contributed by atoms with Crippen LogP contribution in [0.1, 0.15) is 48.2 Å². The second-order valence-electron chi connectivity index (χ2n) is 5.53. The maximum atomic E-state index is 6.60. The molecule has 2 N–H and O–H groups in total. The summed E-state index contributed by atoms with van der Waals surface area (Å²) >= 11 is 3.91. The van der Waals surface area contributed by atoms with Crippen molar-refractivity contribution in [2.75, 3.05) is 5.75 Å². The van der Waals surface area contributed by atoms with Crippen LogP contribution in [0.3, 0.4) is 0 Å². The molecule has 1 fully saturated rings. The first kappa shape index (κ1) is 12.0. The maximum Gasteiger partial charge on any atom is 0.113 e. The number of rotatable bonds is 1. The van der Waals surface area contributed by atoms with E-state index in [4.69, 9.17) is 10.7 Å². The predicted molar refractivity (Wildman–Crippen MR) is 75.5 cm³/mol. The number of aromatic nitrogens is 1. The normalized spacial score (nSPS) is 33.4. The second kappa shape index (κ2) is 4.56. The minimum atomic E-state index is -0.112. The van der Waals surface area contributed by atoms with Crippen LogP contribution >= 0.6 is 23.1 Å². The largest absolute Gasteiger partial charge is 0.319 e. The highest BCUT2D eigenvalue weighted by atomic mass is 32.2. The number of fused-ring (bicyclic) bond motifs is 1. The highest BCUT2D eigenvalue weighted by Gasteiger charge is 2.35. The van der Waals surface area contributed by atoms with E-state index in [2.05, 4.69) is 6.92 Å². The van der Waals surface area contributed by atoms with Gasteiger partial charge in [-0.1, -0.05) is 6.92 Å². The van der Waals surface area contributed by atoms with Gasteiger partial charge in [0.2, 0.25) is 0 Å². The van der Waals surface area contributed by atoms with Gasteiger partial charge in [-0.2, -0.15) is 11.8 Å². The Morgan fingerprint density at radius 2 is 2.12 bits per heavy atom. The van der Waals surface area contributed by atoms with Gasteiger partial charge in [0.15, 0.2) is 0 Å². The molecule has 0 saturated heterocycles. The van der Waals surface area contributed by atoms with E-state index in [1.165, 1.54) is 34.2 Å². The van der Waals surface area contributed by atoms with Crippen LogP contribution in [0.15, 0.2) is 0 Å². The third kappa shape index (κ3) is 2.27. The molecule has 1 saturated carbocycles. The second-order valence-corrected chi connectivity index (χ2v) is 7.72. The molecular formula is C13H20N2S2. The van der Waals surface area contributed by atoms with Crippen LogP contribution in [-0.2, 0) is 17.7 Å². The number of hydrogen-bond acceptors (Lipinski definition) is 4. The minimum absolute atomic E-state index is 0.112. The van der Waals surface area contributed by atoms with Crippen molar-refractivity contribution in [3.8, 4) is 0 Å². The van der Waals surface area contributed by atoms with Gasteiger partial charge in [0.25, 0.3) is 0 Å². The molecule has 0 spiro atoms. The van der Waals surface area contributed by atoms with Gasteiger partial charge in [0.1, 0.15) is 5.01 Å². The molecule has 17 heavy (non-hydrogen) atoms. The monoisotopic (exact) mass is 268 g/mol. The lowest BCUT2D eigenvalue weighted by Gasteiger charge is -2.34. The van der Waals surface area contributed by atoms with Crippen LogP contribution in [0.25, 0.3) is 0 Å². The van der Waals surface area contributed by atoms with Gasteiger partial charge >= 0.3 is 0 Å². The molecule has 0 aromatic carbocycles. The zero-order valence-corrected chi connectivity index (χ0v) is 12.0. The fraction of sp³-hybridized carbons (Fsp3) is 0.769. The van der Waals surface area contributed by atoms with Crippen molar-refractivity contribution in [3.63, 3.8) is 0 Å². The predicted octanol–water partition coefficient (Wildman–Crippen LogP) is 3.30. The Labute approximate surface area is 111 Å². The lowest BCUT2D eigenvalue weighted by atomic mass is 9.78. The fourth-order valence-corrected chi connectivity index (χ4v) is 5.11. The van der Waals surface area contributed by atoms with Gasteiger partial charge in [-0.15, -0.1) is 11.3 Å². The topological polar surface area (TPSA) is 38.9 Å². The average Bonchev–Trinajstić information content (AvgIpc) is 2.77. The SMILES string of the molecule is CC1CCC(N)(c2nc3c(s2)CSCC3)CC1. The molecule has 4 heteroatoms. The zero-order chi connectivity index (χ0) is 11.9. The van der Waals surface area contributed by atoms with E-state index in [1.807, 2.05) is 23.1 Å². The van der Waals surface area contributed by atoms with Gasteiger partial charge in [0.05, 0.1) is 11.2 Å². The van der Waals surface area contributed by atoms with Crippen molar-refractivity contribution in [1.29, 1.82) is 0 Å². The van der Waals surface area contributed by atoms with Gasteiger partial charge in [-0.25, -0.2) is 4.98 Å². The minimum Gasteiger partial charge on any atom is -0.319 e. The van der Waals surface area contributed by atoms with Crippen LogP contribution in [0.4, 0.5) is 0 Å². The van der Waals surface area contributed by atoms with E-state index in [1.54, 1.807) is 0 Å².